The molecule has 0 spiro atoms. The number of nitrogens with one attached hydrogen (secondary N) is 4. The Morgan fingerprint density at radius 2 is 1.38 bits per heavy atom. The van der Waals surface area contributed by atoms with Crippen molar-refractivity contribution >= 4 is 70.7 Å². The largest absolute Gasteiger partial charge is 0.493 e. The lowest BCUT2D eigenvalue weighted by Crippen LogP contribution is -2.58. The summed E-state index contributed by atoms with van der Waals surface area (Å²) in [6.45, 7) is 7.13. The van der Waals surface area contributed by atoms with Gasteiger partial charge in [0, 0.05) is 71.3 Å². The summed E-state index contributed by atoms with van der Waals surface area (Å²) in [5.41, 5.74) is 1.87. The second kappa shape index (κ2) is 35.5. The number of anilines is 1. The highest BCUT2D eigenvalue weighted by Crippen LogP contribution is 2.33. The Hall–Kier alpha value is -9.45. The summed E-state index contributed by atoms with van der Waals surface area (Å²) in [6.07, 6.45) is 3.96. The molecule has 3 heterocycles. The minimum atomic E-state index is -1.52. The number of esters is 2. The molecule has 4 aromatic carbocycles. The van der Waals surface area contributed by atoms with E-state index in [0.29, 0.717) is 59.6 Å². The van der Waals surface area contributed by atoms with Crippen LogP contribution in [0.2, 0.25) is 0 Å². The molecule has 97 heavy (non-hydrogen) atoms. The molecule has 7 rings (SSSR count). The average Bonchev–Trinajstić information content (AvgIpc) is 1.76. The van der Waals surface area contributed by atoms with Gasteiger partial charge in [-0.05, 0) is 144 Å². The van der Waals surface area contributed by atoms with Crippen molar-refractivity contribution in [3.05, 3.63) is 137 Å². The van der Waals surface area contributed by atoms with E-state index in [4.69, 9.17) is 18.9 Å². The van der Waals surface area contributed by atoms with E-state index in [0.717, 1.165) is 11.1 Å². The highest BCUT2D eigenvalue weighted by molar-refractivity contribution is 6.38. The van der Waals surface area contributed by atoms with E-state index >= 15 is 4.79 Å². The van der Waals surface area contributed by atoms with Crippen molar-refractivity contribution in [2.24, 2.45) is 11.3 Å². The Morgan fingerprint density at radius 3 is 2.08 bits per heavy atom. The van der Waals surface area contributed by atoms with Crippen molar-refractivity contribution in [3.63, 3.8) is 0 Å². The number of nitrogens with zero attached hydrogens (tertiary/aromatic N) is 5. The maximum atomic E-state index is 15.3. The van der Waals surface area contributed by atoms with Crippen LogP contribution in [0, 0.1) is 11.3 Å². The quantitative estimate of drug-likeness (QED) is 0.0807. The first-order valence-corrected chi connectivity index (χ1v) is 33.2. The summed E-state index contributed by atoms with van der Waals surface area (Å²) in [5, 5.41) is 11.5. The van der Waals surface area contributed by atoms with E-state index < -0.39 is 101 Å². The van der Waals surface area contributed by atoms with Gasteiger partial charge in [0.25, 0.3) is 5.91 Å². The van der Waals surface area contributed by atoms with Crippen LogP contribution in [0.15, 0.2) is 109 Å². The van der Waals surface area contributed by atoms with Crippen molar-refractivity contribution in [1.29, 1.82) is 0 Å². The summed E-state index contributed by atoms with van der Waals surface area (Å²) >= 11 is 0. The van der Waals surface area contributed by atoms with Gasteiger partial charge in [-0.2, -0.15) is 0 Å². The molecule has 3 aliphatic heterocycles. The van der Waals surface area contributed by atoms with Gasteiger partial charge in [-0.25, -0.2) is 9.59 Å². The van der Waals surface area contributed by atoms with Crippen LogP contribution in [0.5, 0.6) is 11.5 Å². The molecular weight excluding hydrogens is 1240 g/mol. The van der Waals surface area contributed by atoms with Gasteiger partial charge >= 0.3 is 11.9 Å². The maximum Gasteiger partial charge on any atom is 0.330 e. The Labute approximate surface area is 568 Å². The number of aryl methyl sites for hydroxylation is 1. The van der Waals surface area contributed by atoms with Crippen LogP contribution in [0.4, 0.5) is 5.69 Å². The van der Waals surface area contributed by atoms with Gasteiger partial charge in [0.1, 0.15) is 42.9 Å². The van der Waals surface area contributed by atoms with Crippen molar-refractivity contribution < 1.29 is 71.7 Å². The first-order chi connectivity index (χ1) is 46.3. The molecule has 0 unspecified atom stereocenters. The molecule has 0 radical (unpaired) electrons. The Kier molecular flexibility index (Phi) is 27.4. The van der Waals surface area contributed by atoms with Crippen LogP contribution in [-0.4, -0.2) is 189 Å². The zero-order valence-corrected chi connectivity index (χ0v) is 57.5. The Balaban J connectivity index is 1.20. The van der Waals surface area contributed by atoms with Crippen LogP contribution in [-0.2, 0) is 81.6 Å². The number of fused-ring (bicyclic) bond motifs is 4. The van der Waals surface area contributed by atoms with Gasteiger partial charge in [0.2, 0.25) is 47.1 Å². The molecule has 0 saturated carbocycles. The van der Waals surface area contributed by atoms with E-state index in [2.05, 4.69) is 21.3 Å². The number of amides is 8. The Morgan fingerprint density at radius 1 is 0.711 bits per heavy atom. The monoisotopic (exact) mass is 1340 g/mol. The van der Waals surface area contributed by atoms with Gasteiger partial charge in [-0.3, -0.25) is 43.2 Å². The van der Waals surface area contributed by atoms with Crippen LogP contribution >= 0.6 is 0 Å². The fourth-order valence-corrected chi connectivity index (χ4v) is 12.1. The van der Waals surface area contributed by atoms with Gasteiger partial charge in [-0.15, -0.1) is 0 Å². The average molecular weight is 1340 g/mol. The number of benzene rings is 4. The summed E-state index contributed by atoms with van der Waals surface area (Å²) in [4.78, 5) is 163. The number of ether oxygens (including phenoxy) is 4. The van der Waals surface area contributed by atoms with Crippen LogP contribution in [0.1, 0.15) is 132 Å². The number of carbonyl (C=O) groups excluding carboxylic acids is 11. The fraction of sp³-hybridized carbons (Fsp3) is 0.493. The number of ketones is 1. The third-order valence-corrected chi connectivity index (χ3v) is 17.5. The fourth-order valence-electron chi connectivity index (χ4n) is 12.1. The van der Waals surface area contributed by atoms with Gasteiger partial charge < -0.3 is 64.7 Å². The number of Topliss-reactive ketones (excluding diaryl/α,β-unsaturated/α-hetero) is 1. The summed E-state index contributed by atoms with van der Waals surface area (Å²) in [5.74, 6) is -6.01. The first-order valence-electron chi connectivity index (χ1n) is 33.2. The zero-order chi connectivity index (χ0) is 70.5. The molecule has 2 bridgehead atoms. The molecule has 2 saturated heterocycles. The van der Waals surface area contributed by atoms with Crippen LogP contribution in [0.3, 0.4) is 0 Å². The minimum Gasteiger partial charge on any atom is -0.493 e. The lowest BCUT2D eigenvalue weighted by Gasteiger charge is -2.36. The van der Waals surface area contributed by atoms with Gasteiger partial charge in [-0.1, -0.05) is 92.7 Å². The second-order valence-corrected chi connectivity index (χ2v) is 26.4. The minimum absolute atomic E-state index is 0.0494. The highest BCUT2D eigenvalue weighted by Gasteiger charge is 2.44. The third kappa shape index (κ3) is 21.3. The first kappa shape index (κ1) is 74.9. The molecule has 4 N–H and O–H groups in total. The van der Waals surface area contributed by atoms with Crippen molar-refractivity contribution in [1.82, 2.24) is 40.4 Å². The molecule has 2 fully saturated rings. The third-order valence-electron chi connectivity index (χ3n) is 17.5. The van der Waals surface area contributed by atoms with Gasteiger partial charge in [0.05, 0.1) is 26.2 Å². The van der Waals surface area contributed by atoms with Crippen molar-refractivity contribution in [2.45, 2.75) is 148 Å². The molecule has 3 aliphatic rings. The van der Waals surface area contributed by atoms with E-state index in [9.17, 15) is 47.9 Å². The topological polar surface area (TPSA) is 289 Å². The highest BCUT2D eigenvalue weighted by atomic mass is 16.5. The number of rotatable bonds is 14. The molecule has 24 nitrogen and oxygen atoms in total. The Bertz CT molecular complexity index is 3480. The molecule has 522 valence electrons. The predicted octanol–water partition coefficient (Wildman–Crippen LogP) is 6.20. The standard InChI is InChI=1S/C73H95N9O15/c1-47(2)40-57-69(90)79(7)37-16-15-26-64(86)96-46-73(3,4)66(87)71(92)82-38-17-14-24-56(82)72(93)97-58(33-31-49-32-34-59(94-9)60(42-49)95-10)52-22-18-23-53(43-52)75-61(83)35-36-62(84)77-65(51-20-12-11-13-21-51)67(88)76-54(68(89)81-39-19-25-55(81)70(91)80(57)8)41-48-27-29-50(30-28-48)44-74-63(85)45-78(5)6/h11-13,15,18,20-23,26-30,32,34,42-43,47,54-58,65H,14,16-17,19,24-25,31,33,35-41,44-46H2,1-10H3,(H,74,85)(H,75,83)(H,76,88)(H,77,84)/b26-15+/t54-,55+,56-,57-,58+,65-/m0/s1. The van der Waals surface area contributed by atoms with Crippen molar-refractivity contribution in [2.75, 3.05) is 80.5 Å². The lowest BCUT2D eigenvalue weighted by molar-refractivity contribution is -0.165. The zero-order valence-electron chi connectivity index (χ0n) is 57.5. The number of likely N-dealkylation sites (N-methyl/N-ethyl adjacent to an activating group) is 3. The molecule has 0 aromatic heterocycles. The maximum absolute atomic E-state index is 15.3. The number of hydrogen-bond acceptors (Lipinski definition) is 16. The summed E-state index contributed by atoms with van der Waals surface area (Å²) < 4.78 is 22.9. The lowest BCUT2D eigenvalue weighted by atomic mass is 9.87. The van der Waals surface area contributed by atoms with Crippen LogP contribution in [0.25, 0.3) is 0 Å². The molecular formula is C73H95N9O15. The van der Waals surface area contributed by atoms with Crippen LogP contribution < -0.4 is 30.7 Å². The molecule has 8 amide bonds. The number of carbonyl (C=O) groups is 11. The second-order valence-electron chi connectivity index (χ2n) is 26.4. The van der Waals surface area contributed by atoms with E-state index in [1.807, 2.05) is 19.9 Å². The SMILES string of the molecule is COc1ccc(CC[C@H]2OC(=O)[C@@H]3CCCCN3C(=O)C(=O)C(C)(C)COC(=O)/C=C/CCN(C)C(=O)[C@H](CC(C)C)N(C)C(=O)[C@H]3CCCN3C(=O)[C@H](Cc3ccc(CNC(=O)CN(C)C)cc3)NC(=O)[C@H](c3ccccc3)NC(=O)CCC(=O)Nc3cccc2c3)cc1OC. The number of hydrogen-bond donors (Lipinski definition) is 4. The van der Waals surface area contributed by atoms with Gasteiger partial charge in [0.15, 0.2) is 11.5 Å². The van der Waals surface area contributed by atoms with E-state index in [1.165, 1.54) is 66.9 Å². The molecule has 24 heteroatoms. The van der Waals surface area contributed by atoms with E-state index in [-0.39, 0.29) is 102 Å². The number of cyclic esters (lactones) is 2. The molecule has 4 aromatic rings. The number of methoxy groups -OCH3 is 2. The number of piperidine rings is 1. The molecule has 6 atom stereocenters. The predicted molar refractivity (Wildman–Crippen MR) is 362 cm³/mol. The summed E-state index contributed by atoms with van der Waals surface area (Å²) in [6, 6.07) is 21.9. The van der Waals surface area contributed by atoms with E-state index in [1.54, 1.807) is 117 Å². The van der Waals surface area contributed by atoms with Crippen molar-refractivity contribution in [3.8, 4) is 11.5 Å². The normalized spacial score (nSPS) is 22.4. The smallest absolute Gasteiger partial charge is 0.330 e. The summed E-state index contributed by atoms with van der Waals surface area (Å²) in [7, 11) is 9.74. The molecule has 0 aliphatic carbocycles.